The van der Waals surface area contributed by atoms with Crippen LogP contribution in [0, 0.1) is 0 Å². The van der Waals surface area contributed by atoms with Gasteiger partial charge < -0.3 is 20.6 Å². The Labute approximate surface area is 193 Å². The number of aliphatic carboxylic acids is 1. The summed E-state index contributed by atoms with van der Waals surface area (Å²) in [5, 5.41) is 13.5. The van der Waals surface area contributed by atoms with Crippen LogP contribution < -0.4 is 10.6 Å². The van der Waals surface area contributed by atoms with Crippen molar-refractivity contribution in [2.45, 2.75) is 82.8 Å². The van der Waals surface area contributed by atoms with Crippen molar-refractivity contribution >= 4 is 17.7 Å². The zero-order valence-electron chi connectivity index (χ0n) is 19.3. The van der Waals surface area contributed by atoms with Gasteiger partial charge in [-0.05, 0) is 37.0 Å². The number of halogens is 3. The van der Waals surface area contributed by atoms with E-state index in [1.165, 1.54) is 56.9 Å². The molecule has 2 aliphatic rings. The van der Waals surface area contributed by atoms with Crippen LogP contribution in [0.5, 0.6) is 0 Å². The van der Waals surface area contributed by atoms with Gasteiger partial charge in [0.15, 0.2) is 0 Å². The van der Waals surface area contributed by atoms with Gasteiger partial charge in [-0.25, -0.2) is 9.59 Å². The van der Waals surface area contributed by atoms with Crippen LogP contribution in [0.1, 0.15) is 70.3 Å². The summed E-state index contributed by atoms with van der Waals surface area (Å²) in [6.07, 6.45) is 8.05. The maximum absolute atomic E-state index is 12.4. The number of unbranched alkanes of at least 4 members (excludes halogenated alkanes) is 7. The Balaban J connectivity index is 0.000000479. The summed E-state index contributed by atoms with van der Waals surface area (Å²) in [6.45, 7) is 5.03. The van der Waals surface area contributed by atoms with Gasteiger partial charge in [-0.15, -0.1) is 0 Å². The molecule has 0 saturated carbocycles. The van der Waals surface area contributed by atoms with Gasteiger partial charge in [0, 0.05) is 25.3 Å². The number of carboxylic acid groups (broad SMARTS) is 1. The van der Waals surface area contributed by atoms with Gasteiger partial charge in [0.1, 0.15) is 0 Å². The van der Waals surface area contributed by atoms with Gasteiger partial charge in [0.05, 0.1) is 5.54 Å². The lowest BCUT2D eigenvalue weighted by molar-refractivity contribution is -0.192. The molecule has 1 aromatic carbocycles. The van der Waals surface area contributed by atoms with Crippen LogP contribution in [-0.4, -0.2) is 53.4 Å². The number of anilines is 1. The third-order valence-corrected chi connectivity index (χ3v) is 6.29. The summed E-state index contributed by atoms with van der Waals surface area (Å²) in [4.78, 5) is 23.3. The van der Waals surface area contributed by atoms with E-state index in [2.05, 4.69) is 29.7 Å². The molecule has 2 saturated heterocycles. The first-order valence-corrected chi connectivity index (χ1v) is 11.9. The highest BCUT2D eigenvalue weighted by atomic mass is 19.4. The summed E-state index contributed by atoms with van der Waals surface area (Å²) in [5.41, 5.74) is 2.39. The molecule has 2 fully saturated rings. The number of urea groups is 1. The second-order valence-corrected chi connectivity index (χ2v) is 8.88. The van der Waals surface area contributed by atoms with E-state index in [-0.39, 0.29) is 11.6 Å². The van der Waals surface area contributed by atoms with Crippen molar-refractivity contribution in [3.05, 3.63) is 29.8 Å². The maximum atomic E-state index is 12.4. The molecule has 2 amide bonds. The van der Waals surface area contributed by atoms with Crippen LogP contribution in [0.2, 0.25) is 0 Å². The molecule has 0 bridgehead atoms. The predicted molar refractivity (Wildman–Crippen MR) is 122 cm³/mol. The molecule has 1 aromatic rings. The second kappa shape index (κ2) is 12.8. The van der Waals surface area contributed by atoms with Crippen molar-refractivity contribution in [3.8, 4) is 0 Å². The third-order valence-electron chi connectivity index (χ3n) is 6.29. The summed E-state index contributed by atoms with van der Waals surface area (Å²) in [7, 11) is 0. The van der Waals surface area contributed by atoms with Crippen molar-refractivity contribution in [2.24, 2.45) is 0 Å². The third kappa shape index (κ3) is 8.53. The van der Waals surface area contributed by atoms with Crippen LogP contribution >= 0.6 is 0 Å². The Morgan fingerprint density at radius 1 is 1.03 bits per heavy atom. The number of nitrogens with one attached hydrogen (secondary N) is 2. The SMILES string of the molecule is CCCCCCCCCCc1ccc(NC(=O)N2CCC23CNC3)cc1.O=C(O)C(F)(F)F. The monoisotopic (exact) mass is 471 g/mol. The topological polar surface area (TPSA) is 81.7 Å². The molecule has 0 atom stereocenters. The van der Waals surface area contributed by atoms with Gasteiger partial charge in [-0.2, -0.15) is 13.2 Å². The molecule has 2 aliphatic heterocycles. The molecule has 33 heavy (non-hydrogen) atoms. The minimum atomic E-state index is -5.08. The first-order valence-electron chi connectivity index (χ1n) is 11.9. The number of amides is 2. The van der Waals surface area contributed by atoms with Crippen LogP contribution in [0.3, 0.4) is 0 Å². The van der Waals surface area contributed by atoms with Crippen LogP contribution in [-0.2, 0) is 11.2 Å². The molecule has 2 heterocycles. The Morgan fingerprint density at radius 3 is 2.00 bits per heavy atom. The highest BCUT2D eigenvalue weighted by molar-refractivity contribution is 5.90. The number of carbonyl (C=O) groups is 2. The van der Waals surface area contributed by atoms with Crippen molar-refractivity contribution in [3.63, 3.8) is 0 Å². The molecule has 0 radical (unpaired) electrons. The Morgan fingerprint density at radius 2 is 1.58 bits per heavy atom. The van der Waals surface area contributed by atoms with E-state index in [0.29, 0.717) is 0 Å². The van der Waals surface area contributed by atoms with E-state index in [1.54, 1.807) is 0 Å². The molecule has 9 heteroatoms. The maximum Gasteiger partial charge on any atom is 0.490 e. The fourth-order valence-corrected chi connectivity index (χ4v) is 4.05. The van der Waals surface area contributed by atoms with Crippen LogP contribution in [0.15, 0.2) is 24.3 Å². The van der Waals surface area contributed by atoms with E-state index in [1.807, 2.05) is 17.0 Å². The normalized spacial score (nSPS) is 16.3. The average Bonchev–Trinajstić information content (AvgIpc) is 2.69. The first kappa shape index (κ1) is 27.0. The van der Waals surface area contributed by atoms with Gasteiger partial charge in [-0.1, -0.05) is 64.0 Å². The van der Waals surface area contributed by atoms with Gasteiger partial charge in [-0.3, -0.25) is 0 Å². The number of alkyl halides is 3. The smallest absolute Gasteiger partial charge is 0.475 e. The minimum absolute atomic E-state index is 0.0496. The highest BCUT2D eigenvalue weighted by Crippen LogP contribution is 2.34. The first-order chi connectivity index (χ1) is 15.7. The van der Waals surface area contributed by atoms with E-state index in [9.17, 15) is 18.0 Å². The van der Waals surface area contributed by atoms with Gasteiger partial charge in [0.25, 0.3) is 0 Å². The van der Waals surface area contributed by atoms with Crippen LogP contribution in [0.25, 0.3) is 0 Å². The second-order valence-electron chi connectivity index (χ2n) is 8.88. The van der Waals surface area contributed by atoms with E-state index in [4.69, 9.17) is 9.90 Å². The lowest BCUT2D eigenvalue weighted by atomic mass is 9.79. The van der Waals surface area contributed by atoms with Gasteiger partial charge >= 0.3 is 18.2 Å². The standard InChI is InChI=1S/C22H35N3O.C2HF3O2/c1-2-3-4-5-6-7-8-9-10-19-11-13-20(14-12-19)24-21(26)25-16-15-22(25)17-23-18-22;3-2(4,5)1(6)7/h11-14,23H,2-10,15-18H2,1H3,(H,24,26);(H,6,7). The molecule has 1 spiro atoms. The molecule has 186 valence electrons. The predicted octanol–water partition coefficient (Wildman–Crippen LogP) is 5.58. The largest absolute Gasteiger partial charge is 0.490 e. The molecule has 3 N–H and O–H groups in total. The Bertz CT molecular complexity index is 744. The summed E-state index contributed by atoms with van der Waals surface area (Å²) in [6, 6.07) is 8.46. The zero-order chi connectivity index (χ0) is 24.3. The van der Waals surface area contributed by atoms with Crippen LogP contribution in [0.4, 0.5) is 23.7 Å². The number of carboxylic acids is 1. The minimum Gasteiger partial charge on any atom is -0.475 e. The number of carbonyl (C=O) groups excluding carboxylic acids is 1. The molecule has 0 aliphatic carbocycles. The fraction of sp³-hybridized carbons (Fsp3) is 0.667. The van der Waals surface area contributed by atoms with E-state index < -0.39 is 12.1 Å². The molecular weight excluding hydrogens is 435 g/mol. The fourth-order valence-electron chi connectivity index (χ4n) is 4.05. The number of aryl methyl sites for hydroxylation is 1. The zero-order valence-corrected chi connectivity index (χ0v) is 19.3. The van der Waals surface area contributed by atoms with E-state index in [0.717, 1.165) is 38.2 Å². The summed E-state index contributed by atoms with van der Waals surface area (Å²) in [5.74, 6) is -2.76. The molecule has 3 rings (SSSR count). The quantitative estimate of drug-likeness (QED) is 0.389. The summed E-state index contributed by atoms with van der Waals surface area (Å²) < 4.78 is 31.7. The lowest BCUT2D eigenvalue weighted by Crippen LogP contribution is -2.77. The Kier molecular flexibility index (Phi) is 10.5. The average molecular weight is 472 g/mol. The Hall–Kier alpha value is -2.29. The summed E-state index contributed by atoms with van der Waals surface area (Å²) >= 11 is 0. The van der Waals surface area contributed by atoms with Gasteiger partial charge in [0.2, 0.25) is 0 Å². The number of hydrogen-bond acceptors (Lipinski definition) is 3. The van der Waals surface area contributed by atoms with Crippen molar-refractivity contribution in [1.29, 1.82) is 0 Å². The molecule has 6 nitrogen and oxygen atoms in total. The number of rotatable bonds is 10. The molecule has 0 unspecified atom stereocenters. The van der Waals surface area contributed by atoms with Crippen molar-refractivity contribution < 1.29 is 27.9 Å². The van der Waals surface area contributed by atoms with Crippen molar-refractivity contribution in [1.82, 2.24) is 10.2 Å². The number of likely N-dealkylation sites (tertiary alicyclic amines) is 1. The number of benzene rings is 1. The van der Waals surface area contributed by atoms with E-state index >= 15 is 0 Å². The number of nitrogens with zero attached hydrogens (tertiary/aromatic N) is 1. The lowest BCUT2D eigenvalue weighted by Gasteiger charge is -2.58. The number of hydrogen-bond donors (Lipinski definition) is 3. The van der Waals surface area contributed by atoms with Crippen molar-refractivity contribution in [2.75, 3.05) is 25.0 Å². The molecule has 0 aromatic heterocycles. The highest BCUT2D eigenvalue weighted by Gasteiger charge is 2.51. The molecular formula is C24H36F3N3O3.